The third kappa shape index (κ3) is 3.77. The number of anilines is 1. The topological polar surface area (TPSA) is 75.9 Å². The standard InChI is InChI=1S/C20H24N6O/c1-2-18-24-16-8-3-4-9-17(16)26(18)14-19(27)23-15-7-5-12-25(13-15)20-21-10-6-11-22-20/h3-4,6,8-11,15H,2,5,7,12-14H2,1H3,(H,23,27). The first-order valence-corrected chi connectivity index (χ1v) is 9.50. The molecule has 1 amide bonds. The minimum Gasteiger partial charge on any atom is -0.350 e. The normalized spacial score (nSPS) is 17.2. The van der Waals surface area contributed by atoms with E-state index in [4.69, 9.17) is 0 Å². The Kier molecular flexibility index (Phi) is 5.00. The van der Waals surface area contributed by atoms with Gasteiger partial charge in [0.2, 0.25) is 11.9 Å². The van der Waals surface area contributed by atoms with Gasteiger partial charge in [0.1, 0.15) is 12.4 Å². The molecule has 140 valence electrons. The Morgan fingerprint density at radius 2 is 2.04 bits per heavy atom. The Hall–Kier alpha value is -2.96. The van der Waals surface area contributed by atoms with Crippen LogP contribution in [0.15, 0.2) is 42.7 Å². The van der Waals surface area contributed by atoms with Crippen molar-refractivity contribution in [1.29, 1.82) is 0 Å². The lowest BCUT2D eigenvalue weighted by Gasteiger charge is -2.33. The summed E-state index contributed by atoms with van der Waals surface area (Å²) in [6.07, 6.45) is 6.28. The largest absolute Gasteiger partial charge is 0.350 e. The van der Waals surface area contributed by atoms with Gasteiger partial charge < -0.3 is 14.8 Å². The molecule has 1 atom stereocenters. The van der Waals surface area contributed by atoms with Crippen LogP contribution in [0.4, 0.5) is 5.95 Å². The van der Waals surface area contributed by atoms with E-state index in [-0.39, 0.29) is 11.9 Å². The molecular weight excluding hydrogens is 340 g/mol. The Bertz CT molecular complexity index is 923. The highest BCUT2D eigenvalue weighted by Gasteiger charge is 2.23. The van der Waals surface area contributed by atoms with Crippen LogP contribution in [0.25, 0.3) is 11.0 Å². The zero-order chi connectivity index (χ0) is 18.6. The molecule has 1 unspecified atom stereocenters. The maximum atomic E-state index is 12.7. The first kappa shape index (κ1) is 17.5. The van der Waals surface area contributed by atoms with E-state index in [9.17, 15) is 4.79 Å². The van der Waals surface area contributed by atoms with E-state index in [1.807, 2.05) is 34.9 Å². The summed E-state index contributed by atoms with van der Waals surface area (Å²) in [5.41, 5.74) is 1.94. The van der Waals surface area contributed by atoms with Gasteiger partial charge in [0.25, 0.3) is 0 Å². The summed E-state index contributed by atoms with van der Waals surface area (Å²) >= 11 is 0. The highest BCUT2D eigenvalue weighted by molar-refractivity contribution is 5.81. The van der Waals surface area contributed by atoms with Crippen LogP contribution in [0.2, 0.25) is 0 Å². The fraction of sp³-hybridized carbons (Fsp3) is 0.400. The lowest BCUT2D eigenvalue weighted by atomic mass is 10.1. The van der Waals surface area contributed by atoms with E-state index < -0.39 is 0 Å². The number of rotatable bonds is 5. The number of aromatic nitrogens is 4. The maximum Gasteiger partial charge on any atom is 0.240 e. The number of aryl methyl sites for hydroxylation is 1. The van der Waals surface area contributed by atoms with E-state index in [1.54, 1.807) is 12.4 Å². The summed E-state index contributed by atoms with van der Waals surface area (Å²) < 4.78 is 2.02. The van der Waals surface area contributed by atoms with Gasteiger partial charge in [-0.15, -0.1) is 0 Å². The van der Waals surface area contributed by atoms with Crippen molar-refractivity contribution in [3.8, 4) is 0 Å². The van der Waals surface area contributed by atoms with Crippen molar-refractivity contribution >= 4 is 22.9 Å². The molecule has 0 radical (unpaired) electrons. The molecule has 4 rings (SSSR count). The van der Waals surface area contributed by atoms with Gasteiger partial charge in [0.05, 0.1) is 11.0 Å². The van der Waals surface area contributed by atoms with Crippen LogP contribution < -0.4 is 10.2 Å². The smallest absolute Gasteiger partial charge is 0.240 e. The number of imidazole rings is 1. The van der Waals surface area contributed by atoms with Crippen molar-refractivity contribution in [3.05, 3.63) is 48.5 Å². The first-order valence-electron chi connectivity index (χ1n) is 9.50. The molecule has 1 aliphatic heterocycles. The predicted octanol–water partition coefficient (Wildman–Crippen LogP) is 2.17. The molecule has 0 saturated carbocycles. The van der Waals surface area contributed by atoms with Gasteiger partial charge in [-0.1, -0.05) is 19.1 Å². The van der Waals surface area contributed by atoms with Crippen LogP contribution in [0.1, 0.15) is 25.6 Å². The van der Waals surface area contributed by atoms with Crippen LogP contribution in [0.3, 0.4) is 0 Å². The number of carbonyl (C=O) groups excluding carboxylic acids is 1. The molecule has 1 aliphatic rings. The molecule has 2 aromatic heterocycles. The van der Waals surface area contributed by atoms with E-state index >= 15 is 0 Å². The minimum absolute atomic E-state index is 0.0219. The number of benzene rings is 1. The molecule has 7 nitrogen and oxygen atoms in total. The van der Waals surface area contributed by atoms with E-state index in [1.165, 1.54) is 0 Å². The summed E-state index contributed by atoms with van der Waals surface area (Å²) in [4.78, 5) is 28.1. The Labute approximate surface area is 158 Å². The average Bonchev–Trinajstić information content (AvgIpc) is 3.06. The van der Waals surface area contributed by atoms with Crippen LogP contribution in [0, 0.1) is 0 Å². The van der Waals surface area contributed by atoms with Crippen LogP contribution in [-0.2, 0) is 17.8 Å². The van der Waals surface area contributed by atoms with Gasteiger partial charge >= 0.3 is 0 Å². The molecule has 7 heteroatoms. The zero-order valence-corrected chi connectivity index (χ0v) is 15.5. The quantitative estimate of drug-likeness (QED) is 0.751. The number of fused-ring (bicyclic) bond motifs is 1. The third-order valence-electron chi connectivity index (χ3n) is 4.97. The molecular formula is C20H24N6O. The number of para-hydroxylation sites is 2. The Morgan fingerprint density at radius 1 is 1.22 bits per heavy atom. The Balaban J connectivity index is 1.44. The number of carbonyl (C=O) groups is 1. The third-order valence-corrected chi connectivity index (χ3v) is 4.97. The van der Waals surface area contributed by atoms with E-state index in [2.05, 4.69) is 32.1 Å². The van der Waals surface area contributed by atoms with Crippen molar-refractivity contribution in [1.82, 2.24) is 24.8 Å². The highest BCUT2D eigenvalue weighted by atomic mass is 16.2. The van der Waals surface area contributed by atoms with Crippen LogP contribution in [0.5, 0.6) is 0 Å². The number of nitrogens with one attached hydrogen (secondary N) is 1. The molecule has 1 saturated heterocycles. The molecule has 27 heavy (non-hydrogen) atoms. The summed E-state index contributed by atoms with van der Waals surface area (Å²) in [5.74, 6) is 1.69. The number of nitrogens with zero attached hydrogens (tertiary/aromatic N) is 5. The summed E-state index contributed by atoms with van der Waals surface area (Å²) in [6.45, 7) is 4.01. The van der Waals surface area contributed by atoms with Crippen LogP contribution >= 0.6 is 0 Å². The second kappa shape index (κ2) is 7.73. The van der Waals surface area contributed by atoms with Crippen LogP contribution in [-0.4, -0.2) is 44.6 Å². The number of hydrogen-bond acceptors (Lipinski definition) is 5. The summed E-state index contributed by atoms with van der Waals surface area (Å²) in [7, 11) is 0. The summed E-state index contributed by atoms with van der Waals surface area (Å²) in [6, 6.07) is 9.88. The molecule has 3 heterocycles. The molecule has 0 spiro atoms. The van der Waals surface area contributed by atoms with Gasteiger partial charge in [-0.3, -0.25) is 4.79 Å². The summed E-state index contributed by atoms with van der Waals surface area (Å²) in [5, 5.41) is 3.19. The monoisotopic (exact) mass is 364 g/mol. The van der Waals surface area contributed by atoms with Crippen molar-refractivity contribution in [2.24, 2.45) is 0 Å². The van der Waals surface area contributed by atoms with Crippen molar-refractivity contribution in [2.45, 2.75) is 38.8 Å². The van der Waals surface area contributed by atoms with Gasteiger partial charge in [0.15, 0.2) is 0 Å². The number of amides is 1. The lowest BCUT2D eigenvalue weighted by Crippen LogP contribution is -2.49. The van der Waals surface area contributed by atoms with E-state index in [0.29, 0.717) is 6.54 Å². The molecule has 1 aromatic carbocycles. The average molecular weight is 364 g/mol. The molecule has 3 aromatic rings. The van der Waals surface area contributed by atoms with Crippen molar-refractivity contribution in [3.63, 3.8) is 0 Å². The fourth-order valence-corrected chi connectivity index (χ4v) is 3.72. The first-order chi connectivity index (χ1) is 13.2. The Morgan fingerprint density at radius 3 is 2.85 bits per heavy atom. The second-order valence-corrected chi connectivity index (χ2v) is 6.86. The second-order valence-electron chi connectivity index (χ2n) is 6.86. The zero-order valence-electron chi connectivity index (χ0n) is 15.5. The van der Waals surface area contributed by atoms with Gasteiger partial charge in [-0.25, -0.2) is 15.0 Å². The molecule has 0 aliphatic carbocycles. The van der Waals surface area contributed by atoms with E-state index in [0.717, 1.165) is 55.2 Å². The van der Waals surface area contributed by atoms with Gasteiger partial charge in [0, 0.05) is 37.9 Å². The SMILES string of the molecule is CCc1nc2ccccc2n1CC(=O)NC1CCCN(c2ncccn2)C1. The maximum absolute atomic E-state index is 12.7. The fourth-order valence-electron chi connectivity index (χ4n) is 3.72. The molecule has 1 fully saturated rings. The lowest BCUT2D eigenvalue weighted by molar-refractivity contribution is -0.122. The predicted molar refractivity (Wildman–Crippen MR) is 105 cm³/mol. The van der Waals surface area contributed by atoms with Crippen molar-refractivity contribution < 1.29 is 4.79 Å². The van der Waals surface area contributed by atoms with Gasteiger partial charge in [-0.05, 0) is 31.0 Å². The number of piperidine rings is 1. The van der Waals surface area contributed by atoms with Gasteiger partial charge in [-0.2, -0.15) is 0 Å². The minimum atomic E-state index is 0.0219. The molecule has 1 N–H and O–H groups in total. The molecule has 0 bridgehead atoms. The number of hydrogen-bond donors (Lipinski definition) is 1. The highest BCUT2D eigenvalue weighted by Crippen LogP contribution is 2.18. The van der Waals surface area contributed by atoms with Crippen molar-refractivity contribution in [2.75, 3.05) is 18.0 Å².